The summed E-state index contributed by atoms with van der Waals surface area (Å²) in [6.07, 6.45) is 1.54. The zero-order chi connectivity index (χ0) is 14.9. The topological polar surface area (TPSA) is 64.0 Å². The van der Waals surface area contributed by atoms with Crippen molar-refractivity contribution in [3.05, 3.63) is 54.0 Å². The van der Waals surface area contributed by atoms with Gasteiger partial charge in [0, 0.05) is 0 Å². The number of hydrogen-bond donors (Lipinski definition) is 1. The first-order valence-corrected chi connectivity index (χ1v) is 8.60. The van der Waals surface area contributed by atoms with Gasteiger partial charge < -0.3 is 0 Å². The third-order valence-electron chi connectivity index (χ3n) is 3.01. The van der Waals surface area contributed by atoms with Crippen LogP contribution in [0.3, 0.4) is 0 Å². The zero-order valence-corrected chi connectivity index (χ0v) is 12.9. The zero-order valence-electron chi connectivity index (χ0n) is 11.2. The fourth-order valence-electron chi connectivity index (χ4n) is 1.96. The van der Waals surface area contributed by atoms with Crippen molar-refractivity contribution in [1.29, 1.82) is 0 Å². The maximum Gasteiger partial charge on any atom is 0.244 e. The van der Waals surface area contributed by atoms with Crippen LogP contribution in [0, 0.1) is 0 Å². The van der Waals surface area contributed by atoms with Crippen LogP contribution in [-0.4, -0.2) is 25.2 Å². The molecule has 0 spiro atoms. The molecule has 5 nitrogen and oxygen atoms in total. The van der Waals surface area contributed by atoms with Crippen LogP contribution in [0.1, 0.15) is 0 Å². The van der Waals surface area contributed by atoms with Crippen LogP contribution < -0.4 is 4.72 Å². The first-order chi connectivity index (χ1) is 10.1. The highest BCUT2D eigenvalue weighted by Crippen LogP contribution is 2.30. The molecule has 0 fully saturated rings. The van der Waals surface area contributed by atoms with E-state index in [2.05, 4.69) is 9.82 Å². The lowest BCUT2D eigenvalue weighted by molar-refractivity contribution is 0.588. The Morgan fingerprint density at radius 3 is 2.52 bits per heavy atom. The van der Waals surface area contributed by atoms with Crippen LogP contribution in [0.2, 0.25) is 0 Å². The number of hydrogen-bond acceptors (Lipinski definition) is 4. The van der Waals surface area contributed by atoms with Crippen molar-refractivity contribution < 1.29 is 8.42 Å². The molecule has 2 heterocycles. The van der Waals surface area contributed by atoms with Crippen LogP contribution >= 0.6 is 11.3 Å². The van der Waals surface area contributed by atoms with E-state index in [1.54, 1.807) is 4.68 Å². The van der Waals surface area contributed by atoms with E-state index < -0.39 is 10.0 Å². The highest BCUT2D eigenvalue weighted by Gasteiger charge is 2.23. The minimum absolute atomic E-state index is 0.177. The molecule has 3 aromatic rings. The molecule has 1 aromatic carbocycles. The fraction of sp³-hybridized carbons (Fsp3) is 0.0714. The van der Waals surface area contributed by atoms with E-state index in [0.717, 1.165) is 10.6 Å². The van der Waals surface area contributed by atoms with E-state index in [0.29, 0.717) is 5.69 Å². The molecular weight excluding hydrogens is 306 g/mol. The summed E-state index contributed by atoms with van der Waals surface area (Å²) in [4.78, 5) is 0.995. The second-order valence-corrected chi connectivity index (χ2v) is 7.11. The standard InChI is InChI=1S/C14H13N3O2S2/c1-15-21(18,19)13-10-17(11-6-3-2-4-7-11)16-14(13)12-8-5-9-20-12/h2-10,15H,1H3. The van der Waals surface area contributed by atoms with Crippen molar-refractivity contribution in [2.75, 3.05) is 7.05 Å². The number of para-hydroxylation sites is 1. The quantitative estimate of drug-likeness (QED) is 0.803. The van der Waals surface area contributed by atoms with Crippen molar-refractivity contribution in [1.82, 2.24) is 14.5 Å². The van der Waals surface area contributed by atoms with Gasteiger partial charge in [-0.3, -0.25) is 0 Å². The van der Waals surface area contributed by atoms with Gasteiger partial charge in [0.1, 0.15) is 10.6 Å². The Morgan fingerprint density at radius 2 is 1.90 bits per heavy atom. The molecule has 0 saturated heterocycles. The van der Waals surface area contributed by atoms with Crippen LogP contribution in [0.15, 0.2) is 58.9 Å². The van der Waals surface area contributed by atoms with Gasteiger partial charge >= 0.3 is 0 Å². The molecule has 3 rings (SSSR count). The maximum absolute atomic E-state index is 12.2. The SMILES string of the molecule is CNS(=O)(=O)c1cn(-c2ccccc2)nc1-c1cccs1. The summed E-state index contributed by atoms with van der Waals surface area (Å²) in [5.74, 6) is 0. The average molecular weight is 319 g/mol. The van der Waals surface area contributed by atoms with E-state index in [-0.39, 0.29) is 4.90 Å². The molecule has 108 valence electrons. The van der Waals surface area contributed by atoms with Gasteiger partial charge in [-0.1, -0.05) is 24.3 Å². The minimum atomic E-state index is -3.57. The second-order valence-electron chi connectivity index (χ2n) is 4.31. The van der Waals surface area contributed by atoms with E-state index in [9.17, 15) is 8.42 Å². The third-order valence-corrected chi connectivity index (χ3v) is 5.31. The Kier molecular flexibility index (Phi) is 3.62. The smallest absolute Gasteiger partial charge is 0.239 e. The van der Waals surface area contributed by atoms with Gasteiger partial charge in [-0.05, 0) is 30.6 Å². The highest BCUT2D eigenvalue weighted by molar-refractivity contribution is 7.89. The molecule has 0 aliphatic heterocycles. The van der Waals surface area contributed by atoms with E-state index in [1.165, 1.54) is 24.6 Å². The van der Waals surface area contributed by atoms with Crippen molar-refractivity contribution in [2.45, 2.75) is 4.90 Å². The summed E-state index contributed by atoms with van der Waals surface area (Å²) in [5, 5.41) is 6.34. The lowest BCUT2D eigenvalue weighted by Gasteiger charge is -2.00. The number of benzene rings is 1. The van der Waals surface area contributed by atoms with Crippen molar-refractivity contribution in [3.63, 3.8) is 0 Å². The van der Waals surface area contributed by atoms with Gasteiger partial charge in [-0.15, -0.1) is 11.3 Å². The van der Waals surface area contributed by atoms with Crippen LogP contribution in [0.4, 0.5) is 0 Å². The Labute approximate surface area is 126 Å². The van der Waals surface area contributed by atoms with Gasteiger partial charge in [0.25, 0.3) is 0 Å². The van der Waals surface area contributed by atoms with Crippen LogP contribution in [0.5, 0.6) is 0 Å². The first-order valence-electron chi connectivity index (χ1n) is 6.24. The minimum Gasteiger partial charge on any atom is -0.239 e. The maximum atomic E-state index is 12.2. The fourth-order valence-corrected chi connectivity index (χ4v) is 3.61. The highest BCUT2D eigenvalue weighted by atomic mass is 32.2. The largest absolute Gasteiger partial charge is 0.244 e. The molecule has 7 heteroatoms. The van der Waals surface area contributed by atoms with Crippen molar-refractivity contribution in [2.24, 2.45) is 0 Å². The van der Waals surface area contributed by atoms with Gasteiger partial charge in [-0.2, -0.15) is 5.10 Å². The molecule has 0 unspecified atom stereocenters. The number of nitrogens with one attached hydrogen (secondary N) is 1. The van der Waals surface area contributed by atoms with Gasteiger partial charge in [-0.25, -0.2) is 17.8 Å². The number of aromatic nitrogens is 2. The van der Waals surface area contributed by atoms with Gasteiger partial charge in [0.15, 0.2) is 0 Å². The average Bonchev–Trinajstić information content (AvgIpc) is 3.17. The number of sulfonamides is 1. The summed E-state index contributed by atoms with van der Waals surface area (Å²) >= 11 is 1.46. The summed E-state index contributed by atoms with van der Waals surface area (Å²) in [7, 11) is -2.17. The number of rotatable bonds is 4. The van der Waals surface area contributed by atoms with Gasteiger partial charge in [0.2, 0.25) is 10.0 Å². The molecule has 1 N–H and O–H groups in total. The predicted molar refractivity (Wildman–Crippen MR) is 83.1 cm³/mol. The van der Waals surface area contributed by atoms with Gasteiger partial charge in [0.05, 0.1) is 16.8 Å². The third kappa shape index (κ3) is 2.63. The van der Waals surface area contributed by atoms with E-state index in [4.69, 9.17) is 0 Å². The number of nitrogens with zero attached hydrogens (tertiary/aromatic N) is 2. The van der Waals surface area contributed by atoms with E-state index in [1.807, 2.05) is 47.8 Å². The molecule has 0 aliphatic rings. The second kappa shape index (κ2) is 5.44. The predicted octanol–water partition coefficient (Wildman–Crippen LogP) is 2.51. The Bertz CT molecular complexity index is 838. The Hall–Kier alpha value is -1.96. The van der Waals surface area contributed by atoms with Crippen molar-refractivity contribution >= 4 is 21.4 Å². The Morgan fingerprint density at radius 1 is 1.14 bits per heavy atom. The summed E-state index contributed by atoms with van der Waals surface area (Å²) in [5.41, 5.74) is 1.27. The lowest BCUT2D eigenvalue weighted by Crippen LogP contribution is -2.18. The van der Waals surface area contributed by atoms with Crippen LogP contribution in [-0.2, 0) is 10.0 Å². The Balaban J connectivity index is 2.21. The van der Waals surface area contributed by atoms with Crippen molar-refractivity contribution in [3.8, 4) is 16.3 Å². The molecule has 0 bridgehead atoms. The summed E-state index contributed by atoms with van der Waals surface area (Å²) in [6, 6.07) is 13.1. The van der Waals surface area contributed by atoms with E-state index >= 15 is 0 Å². The lowest BCUT2D eigenvalue weighted by atomic mass is 10.3. The molecular formula is C14H13N3O2S2. The number of thiophene rings is 1. The molecule has 0 radical (unpaired) electrons. The normalized spacial score (nSPS) is 11.7. The monoisotopic (exact) mass is 319 g/mol. The summed E-state index contributed by atoms with van der Waals surface area (Å²) in [6.45, 7) is 0. The molecule has 0 aliphatic carbocycles. The molecule has 0 atom stereocenters. The first kappa shape index (κ1) is 14.0. The van der Waals surface area contributed by atoms with Crippen LogP contribution in [0.25, 0.3) is 16.3 Å². The molecule has 2 aromatic heterocycles. The molecule has 0 saturated carbocycles. The molecule has 21 heavy (non-hydrogen) atoms. The summed E-state index contributed by atoms with van der Waals surface area (Å²) < 4.78 is 28.3. The molecule has 0 amide bonds.